The van der Waals surface area contributed by atoms with Crippen LogP contribution >= 0.6 is 0 Å². The molecule has 2 heterocycles. The molecule has 3 nitrogen and oxygen atoms in total. The van der Waals surface area contributed by atoms with E-state index in [0.29, 0.717) is 18.3 Å². The predicted molar refractivity (Wildman–Crippen MR) is 143 cm³/mol. The maximum atomic E-state index is 13.7. The van der Waals surface area contributed by atoms with Crippen LogP contribution in [0.4, 0.5) is 8.78 Å². The Morgan fingerprint density at radius 2 is 1.91 bits per heavy atom. The molecule has 5 heteroatoms. The Labute approximate surface area is 204 Å². The van der Waals surface area contributed by atoms with Crippen LogP contribution in [0, 0.1) is 13.8 Å². The smallest absolute Gasteiger partial charge is 0.264 e. The second-order valence-corrected chi connectivity index (χ2v) is 9.14. The summed E-state index contributed by atoms with van der Waals surface area (Å²) in [7, 11) is 0. The summed E-state index contributed by atoms with van der Waals surface area (Å²) in [5.74, 6) is -2.84. The quantitative estimate of drug-likeness (QED) is 0.432. The summed E-state index contributed by atoms with van der Waals surface area (Å²) in [6.45, 7) is 25.8. The van der Waals surface area contributed by atoms with Crippen molar-refractivity contribution in [1.29, 1.82) is 0 Å². The van der Waals surface area contributed by atoms with Crippen molar-refractivity contribution in [2.75, 3.05) is 6.54 Å². The molecule has 3 rings (SSSR count). The topological polar surface area (TPSA) is 31.1 Å². The molecule has 2 unspecified atom stereocenters. The van der Waals surface area contributed by atoms with Crippen molar-refractivity contribution in [2.45, 2.75) is 79.3 Å². The Balaban J connectivity index is 0.00000199. The van der Waals surface area contributed by atoms with Gasteiger partial charge in [0.15, 0.2) is 0 Å². The first-order valence-electron chi connectivity index (χ1n) is 12.2. The fraction of sp³-hybridized carbons (Fsp3) is 0.448. The monoisotopic (exact) mass is 469 g/mol. The Hall–Kier alpha value is -2.82. The lowest BCUT2D eigenvalue weighted by Gasteiger charge is -2.39. The first-order chi connectivity index (χ1) is 15.9. The molecule has 0 aliphatic carbocycles. The highest BCUT2D eigenvalue weighted by Gasteiger charge is 2.31. The van der Waals surface area contributed by atoms with Crippen LogP contribution in [0.15, 0.2) is 60.9 Å². The maximum Gasteiger partial charge on any atom is 0.264 e. The van der Waals surface area contributed by atoms with Gasteiger partial charge in [-0.25, -0.2) is 8.78 Å². The number of likely N-dealkylation sites (tertiary alicyclic amines) is 1. The van der Waals surface area contributed by atoms with Crippen LogP contribution in [0.2, 0.25) is 0 Å². The summed E-state index contributed by atoms with van der Waals surface area (Å²) in [5.41, 5.74) is 7.99. The van der Waals surface area contributed by atoms with Gasteiger partial charge in [0.2, 0.25) is 0 Å². The van der Waals surface area contributed by atoms with Crippen LogP contribution in [0.25, 0.3) is 16.6 Å². The minimum atomic E-state index is -2.84. The van der Waals surface area contributed by atoms with Crippen molar-refractivity contribution < 1.29 is 8.78 Å². The fourth-order valence-corrected chi connectivity index (χ4v) is 4.28. The van der Waals surface area contributed by atoms with E-state index in [2.05, 4.69) is 73.9 Å². The van der Waals surface area contributed by atoms with Crippen LogP contribution < -0.4 is 5.32 Å². The molecule has 0 saturated carbocycles. The van der Waals surface area contributed by atoms with Crippen molar-refractivity contribution in [3.63, 3.8) is 0 Å². The molecular formula is C29H41F2N3. The van der Waals surface area contributed by atoms with Gasteiger partial charge < -0.3 is 15.2 Å². The van der Waals surface area contributed by atoms with E-state index in [1.54, 1.807) is 6.08 Å². The van der Waals surface area contributed by atoms with Crippen molar-refractivity contribution in [3.8, 4) is 0 Å². The molecule has 2 N–H and O–H groups in total. The zero-order valence-corrected chi connectivity index (χ0v) is 21.9. The predicted octanol–water partition coefficient (Wildman–Crippen LogP) is 7.90. The molecule has 186 valence electrons. The zero-order chi connectivity index (χ0) is 25.8. The molecule has 1 saturated heterocycles. The number of nitrogens with zero attached hydrogens (tertiary/aromatic N) is 1. The summed E-state index contributed by atoms with van der Waals surface area (Å²) >= 11 is 0. The van der Waals surface area contributed by atoms with E-state index in [1.807, 2.05) is 13.8 Å². The van der Waals surface area contributed by atoms with E-state index < -0.39 is 12.0 Å². The number of H-pyrrole nitrogens is 1. The highest BCUT2D eigenvalue weighted by molar-refractivity contribution is 5.87. The molecule has 34 heavy (non-hydrogen) atoms. The standard InChI is InChI=1S/C27H35F2N3.C2H6/c1-9-23(19(5)30-21(7)27(8,28)29)22-12-11-17(3)32(15-22)20(6)26-14-24-18(4)16(2)10-13-25(24)31-26;1-2/h9-10,13-14,17,21,30-31H,1,5-6,11-12,15H2,2-4,7-8H3;1-2H3/b23-22-;. The van der Waals surface area contributed by atoms with Crippen molar-refractivity contribution in [3.05, 3.63) is 77.7 Å². The SMILES string of the molecule is C=C/C(C(=C)NC(C)C(C)(F)F)=C1\CCC(C)N(C(=C)c2cc3c(C)c(C)ccc3[nH]2)C1.CC. The van der Waals surface area contributed by atoms with Gasteiger partial charge >= 0.3 is 0 Å². The Morgan fingerprint density at radius 1 is 1.26 bits per heavy atom. The number of benzene rings is 1. The van der Waals surface area contributed by atoms with Crippen molar-refractivity contribution in [1.82, 2.24) is 15.2 Å². The largest absolute Gasteiger partial charge is 0.377 e. The highest BCUT2D eigenvalue weighted by atomic mass is 19.3. The molecule has 2 aromatic rings. The van der Waals surface area contributed by atoms with Gasteiger partial charge in [0.25, 0.3) is 5.92 Å². The first kappa shape index (κ1) is 27.4. The average Bonchev–Trinajstić information content (AvgIpc) is 3.23. The number of aromatic nitrogens is 1. The number of nitrogens with one attached hydrogen (secondary N) is 2. The summed E-state index contributed by atoms with van der Waals surface area (Å²) in [6.07, 6.45) is 3.53. The van der Waals surface area contributed by atoms with Gasteiger partial charge in [-0.3, -0.25) is 0 Å². The molecule has 1 aliphatic rings. The lowest BCUT2D eigenvalue weighted by Crippen LogP contribution is -2.41. The van der Waals surface area contributed by atoms with Gasteiger partial charge in [-0.15, -0.1) is 0 Å². The van der Waals surface area contributed by atoms with E-state index in [-0.39, 0.29) is 0 Å². The lowest BCUT2D eigenvalue weighted by molar-refractivity contribution is -0.00864. The van der Waals surface area contributed by atoms with Gasteiger partial charge in [0.1, 0.15) is 0 Å². The second kappa shape index (κ2) is 11.1. The molecule has 1 aliphatic heterocycles. The Kier molecular flexibility index (Phi) is 8.93. The number of aromatic amines is 1. The second-order valence-electron chi connectivity index (χ2n) is 9.14. The van der Waals surface area contributed by atoms with Gasteiger partial charge in [-0.1, -0.05) is 45.7 Å². The van der Waals surface area contributed by atoms with Crippen LogP contribution in [-0.4, -0.2) is 34.4 Å². The molecule has 0 spiro atoms. The van der Waals surface area contributed by atoms with E-state index in [4.69, 9.17) is 0 Å². The Morgan fingerprint density at radius 3 is 2.50 bits per heavy atom. The van der Waals surface area contributed by atoms with Crippen molar-refractivity contribution >= 4 is 16.6 Å². The van der Waals surface area contributed by atoms with Crippen LogP contribution in [-0.2, 0) is 0 Å². The van der Waals surface area contributed by atoms with Gasteiger partial charge in [0.05, 0.1) is 17.4 Å². The number of aryl methyl sites for hydroxylation is 2. The van der Waals surface area contributed by atoms with E-state index in [9.17, 15) is 8.78 Å². The molecule has 0 bridgehead atoms. The summed E-state index contributed by atoms with van der Waals surface area (Å²) in [4.78, 5) is 5.79. The zero-order valence-electron chi connectivity index (χ0n) is 21.9. The molecule has 1 aromatic carbocycles. The molecule has 0 radical (unpaired) electrons. The summed E-state index contributed by atoms with van der Waals surface area (Å²) in [5, 5.41) is 4.07. The third-order valence-corrected chi connectivity index (χ3v) is 6.82. The third kappa shape index (κ3) is 5.81. The highest BCUT2D eigenvalue weighted by Crippen LogP contribution is 2.33. The van der Waals surface area contributed by atoms with Gasteiger partial charge in [-0.05, 0) is 74.9 Å². The normalized spacial score (nSPS) is 18.6. The van der Waals surface area contributed by atoms with E-state index in [1.165, 1.54) is 23.4 Å². The molecule has 1 aromatic heterocycles. The van der Waals surface area contributed by atoms with Gasteiger partial charge in [-0.2, -0.15) is 0 Å². The minimum Gasteiger partial charge on any atom is -0.377 e. The molecule has 0 amide bonds. The average molecular weight is 470 g/mol. The number of rotatable bonds is 7. The third-order valence-electron chi connectivity index (χ3n) is 6.82. The van der Waals surface area contributed by atoms with Crippen LogP contribution in [0.1, 0.15) is 64.3 Å². The first-order valence-corrected chi connectivity index (χ1v) is 12.2. The minimum absolute atomic E-state index is 0.312. The number of piperidine rings is 1. The number of fused-ring (bicyclic) bond motifs is 1. The lowest BCUT2D eigenvalue weighted by atomic mass is 9.92. The number of halogens is 2. The molecule has 2 atom stereocenters. The number of alkyl halides is 2. The maximum absolute atomic E-state index is 13.7. The summed E-state index contributed by atoms with van der Waals surface area (Å²) in [6, 6.07) is 5.70. The van der Waals surface area contributed by atoms with Gasteiger partial charge in [0, 0.05) is 36.1 Å². The number of hydrogen-bond acceptors (Lipinski definition) is 2. The number of allylic oxidation sites excluding steroid dienone is 1. The molecular weight excluding hydrogens is 428 g/mol. The fourth-order valence-electron chi connectivity index (χ4n) is 4.28. The van der Waals surface area contributed by atoms with E-state index >= 15 is 0 Å². The van der Waals surface area contributed by atoms with Crippen LogP contribution in [0.5, 0.6) is 0 Å². The summed E-state index contributed by atoms with van der Waals surface area (Å²) < 4.78 is 27.3. The van der Waals surface area contributed by atoms with Crippen molar-refractivity contribution in [2.24, 2.45) is 0 Å². The van der Waals surface area contributed by atoms with E-state index in [0.717, 1.165) is 47.8 Å². The molecule has 1 fully saturated rings. The Bertz CT molecular complexity index is 1080. The van der Waals surface area contributed by atoms with Crippen LogP contribution in [0.3, 0.4) is 0 Å². The number of hydrogen-bond donors (Lipinski definition) is 2.